The lowest BCUT2D eigenvalue weighted by Gasteiger charge is -2.25. The van der Waals surface area contributed by atoms with E-state index in [0.29, 0.717) is 6.04 Å². The average Bonchev–Trinajstić information content (AvgIpc) is 3.27. The van der Waals surface area contributed by atoms with Crippen LogP contribution in [-0.2, 0) is 19.4 Å². The zero-order chi connectivity index (χ0) is 16.5. The van der Waals surface area contributed by atoms with Crippen LogP contribution in [0.25, 0.3) is 5.69 Å². The molecule has 2 unspecified atom stereocenters. The normalized spacial score (nSPS) is 22.0. The Bertz CT molecular complexity index is 692. The fraction of sp³-hybridized carbons (Fsp3) is 0.550. The molecule has 0 saturated carbocycles. The van der Waals surface area contributed by atoms with Gasteiger partial charge < -0.3 is 5.11 Å². The van der Waals surface area contributed by atoms with Crippen LogP contribution in [0.4, 0.5) is 0 Å². The van der Waals surface area contributed by atoms with Crippen molar-refractivity contribution < 1.29 is 5.11 Å². The molecule has 1 aromatic carbocycles. The molecule has 2 heterocycles. The van der Waals surface area contributed by atoms with Crippen LogP contribution in [0.1, 0.15) is 49.6 Å². The molecule has 4 nitrogen and oxygen atoms in total. The van der Waals surface area contributed by atoms with Crippen LogP contribution in [0.15, 0.2) is 30.3 Å². The van der Waals surface area contributed by atoms with Crippen LogP contribution in [0.2, 0.25) is 0 Å². The highest BCUT2D eigenvalue weighted by atomic mass is 16.3. The molecule has 1 N–H and O–H groups in total. The molecule has 1 aromatic heterocycles. The molecule has 1 aliphatic carbocycles. The maximum atomic E-state index is 9.76. The number of nitrogens with zero attached hydrogens (tertiary/aromatic N) is 3. The maximum absolute atomic E-state index is 9.76. The van der Waals surface area contributed by atoms with E-state index in [2.05, 4.69) is 39.9 Å². The first-order valence-electron chi connectivity index (χ1n) is 9.29. The molecule has 2 aliphatic rings. The predicted molar refractivity (Wildman–Crippen MR) is 95.3 cm³/mol. The molecule has 2 aromatic rings. The molecule has 1 aliphatic heterocycles. The van der Waals surface area contributed by atoms with Crippen LogP contribution in [0.5, 0.6) is 0 Å². The highest BCUT2D eigenvalue weighted by Crippen LogP contribution is 2.30. The van der Waals surface area contributed by atoms with Gasteiger partial charge in [0.1, 0.15) is 0 Å². The number of benzene rings is 1. The largest absolute Gasteiger partial charge is 0.393 e. The van der Waals surface area contributed by atoms with Crippen molar-refractivity contribution in [3.8, 4) is 5.69 Å². The van der Waals surface area contributed by atoms with Gasteiger partial charge in [0.05, 0.1) is 17.5 Å². The monoisotopic (exact) mass is 325 g/mol. The minimum Gasteiger partial charge on any atom is -0.393 e. The number of hydrogen-bond donors (Lipinski definition) is 1. The Labute approximate surface area is 144 Å². The van der Waals surface area contributed by atoms with E-state index in [4.69, 9.17) is 5.10 Å². The standard InChI is InChI=1S/C20H27N3O/c1-15(24)13-17-9-6-12-22(17)14-19-18-10-5-11-20(18)23(21-19)16-7-3-2-4-8-16/h2-4,7-8,15,17,24H,5-6,9-14H2,1H3. The van der Waals surface area contributed by atoms with Gasteiger partial charge in [-0.1, -0.05) is 18.2 Å². The van der Waals surface area contributed by atoms with Crippen LogP contribution >= 0.6 is 0 Å². The third kappa shape index (κ3) is 3.01. The fourth-order valence-electron chi connectivity index (χ4n) is 4.38. The predicted octanol–water partition coefficient (Wildman–Crippen LogP) is 3.10. The van der Waals surface area contributed by atoms with Gasteiger partial charge in [-0.2, -0.15) is 5.10 Å². The number of aliphatic hydroxyl groups is 1. The van der Waals surface area contributed by atoms with Crippen LogP contribution in [-0.4, -0.2) is 38.5 Å². The Morgan fingerprint density at radius 3 is 2.83 bits per heavy atom. The summed E-state index contributed by atoms with van der Waals surface area (Å²) in [5, 5.41) is 14.7. The summed E-state index contributed by atoms with van der Waals surface area (Å²) in [6.07, 6.45) is 6.63. The summed E-state index contributed by atoms with van der Waals surface area (Å²) < 4.78 is 2.16. The van der Waals surface area contributed by atoms with E-state index in [-0.39, 0.29) is 6.10 Å². The van der Waals surface area contributed by atoms with E-state index in [1.807, 2.05) is 6.92 Å². The Hall–Kier alpha value is -1.65. The van der Waals surface area contributed by atoms with Crippen molar-refractivity contribution in [2.45, 2.75) is 64.1 Å². The van der Waals surface area contributed by atoms with Crippen molar-refractivity contribution >= 4 is 0 Å². The first-order valence-corrected chi connectivity index (χ1v) is 9.29. The van der Waals surface area contributed by atoms with Crippen LogP contribution in [0.3, 0.4) is 0 Å². The van der Waals surface area contributed by atoms with Gasteiger partial charge in [0.25, 0.3) is 0 Å². The molecule has 24 heavy (non-hydrogen) atoms. The van der Waals surface area contributed by atoms with Crippen molar-refractivity contribution in [2.24, 2.45) is 0 Å². The van der Waals surface area contributed by atoms with Gasteiger partial charge in [-0.15, -0.1) is 0 Å². The molecule has 0 amide bonds. The molecule has 128 valence electrons. The average molecular weight is 325 g/mol. The smallest absolute Gasteiger partial charge is 0.0804 e. The lowest BCUT2D eigenvalue weighted by atomic mass is 10.1. The second kappa shape index (κ2) is 6.69. The number of likely N-dealkylation sites (tertiary alicyclic amines) is 1. The van der Waals surface area contributed by atoms with Gasteiger partial charge in [-0.25, -0.2) is 4.68 Å². The molecule has 4 rings (SSSR count). The Morgan fingerprint density at radius 2 is 2.04 bits per heavy atom. The SMILES string of the molecule is CC(O)CC1CCCN1Cc1nn(-c2ccccc2)c2c1CCC2. The van der Waals surface area contributed by atoms with Gasteiger partial charge in [0, 0.05) is 18.3 Å². The Balaban J connectivity index is 1.60. The van der Waals surface area contributed by atoms with Crippen molar-refractivity contribution in [1.29, 1.82) is 0 Å². The summed E-state index contributed by atoms with van der Waals surface area (Å²) in [6, 6.07) is 11.0. The van der Waals surface area contributed by atoms with Gasteiger partial charge >= 0.3 is 0 Å². The van der Waals surface area contributed by atoms with E-state index in [9.17, 15) is 5.11 Å². The highest BCUT2D eigenvalue weighted by molar-refractivity contribution is 5.39. The van der Waals surface area contributed by atoms with Crippen molar-refractivity contribution in [2.75, 3.05) is 6.54 Å². The molecule has 0 bridgehead atoms. The number of hydrogen-bond acceptors (Lipinski definition) is 3. The zero-order valence-electron chi connectivity index (χ0n) is 14.5. The van der Waals surface area contributed by atoms with E-state index in [0.717, 1.165) is 32.4 Å². The summed E-state index contributed by atoms with van der Waals surface area (Å²) in [4.78, 5) is 2.53. The van der Waals surface area contributed by atoms with Gasteiger partial charge in [-0.3, -0.25) is 4.90 Å². The lowest BCUT2D eigenvalue weighted by molar-refractivity contribution is 0.130. The van der Waals surface area contributed by atoms with E-state index in [1.54, 1.807) is 0 Å². The Morgan fingerprint density at radius 1 is 1.21 bits per heavy atom. The van der Waals surface area contributed by atoms with Gasteiger partial charge in [-0.05, 0) is 69.7 Å². The van der Waals surface area contributed by atoms with Crippen LogP contribution in [0, 0.1) is 0 Å². The number of para-hydroxylation sites is 1. The fourth-order valence-corrected chi connectivity index (χ4v) is 4.38. The molecule has 0 radical (unpaired) electrons. The van der Waals surface area contributed by atoms with E-state index in [1.165, 1.54) is 41.9 Å². The molecule has 2 atom stereocenters. The van der Waals surface area contributed by atoms with E-state index >= 15 is 0 Å². The molecule has 0 spiro atoms. The second-order valence-corrected chi connectivity index (χ2v) is 7.32. The summed E-state index contributed by atoms with van der Waals surface area (Å²) in [5.74, 6) is 0. The van der Waals surface area contributed by atoms with Crippen molar-refractivity contribution in [1.82, 2.24) is 14.7 Å². The molecule has 1 fully saturated rings. The number of fused-ring (bicyclic) bond motifs is 1. The van der Waals surface area contributed by atoms with Crippen molar-refractivity contribution in [3.63, 3.8) is 0 Å². The molecule has 1 saturated heterocycles. The van der Waals surface area contributed by atoms with Gasteiger partial charge in [0.2, 0.25) is 0 Å². The molecule has 4 heteroatoms. The van der Waals surface area contributed by atoms with Crippen molar-refractivity contribution in [3.05, 3.63) is 47.3 Å². The molecular formula is C20H27N3O. The minimum absolute atomic E-state index is 0.219. The highest BCUT2D eigenvalue weighted by Gasteiger charge is 2.29. The van der Waals surface area contributed by atoms with Gasteiger partial charge in [0.15, 0.2) is 0 Å². The zero-order valence-corrected chi connectivity index (χ0v) is 14.5. The number of aliphatic hydroxyl groups excluding tert-OH is 1. The maximum Gasteiger partial charge on any atom is 0.0804 e. The summed E-state index contributed by atoms with van der Waals surface area (Å²) in [7, 11) is 0. The second-order valence-electron chi connectivity index (χ2n) is 7.32. The first-order chi connectivity index (χ1) is 11.7. The summed E-state index contributed by atoms with van der Waals surface area (Å²) >= 11 is 0. The lowest BCUT2D eigenvalue weighted by Crippen LogP contribution is -2.31. The third-order valence-electron chi connectivity index (χ3n) is 5.48. The number of rotatable bonds is 5. The first kappa shape index (κ1) is 15.9. The minimum atomic E-state index is -0.219. The molecular weight excluding hydrogens is 298 g/mol. The number of aromatic nitrogens is 2. The summed E-state index contributed by atoms with van der Waals surface area (Å²) in [5.41, 5.74) is 5.30. The van der Waals surface area contributed by atoms with Crippen LogP contribution < -0.4 is 0 Å². The topological polar surface area (TPSA) is 41.3 Å². The Kier molecular flexibility index (Phi) is 4.42. The van der Waals surface area contributed by atoms with E-state index < -0.39 is 0 Å². The summed E-state index contributed by atoms with van der Waals surface area (Å²) in [6.45, 7) is 3.96. The quantitative estimate of drug-likeness (QED) is 0.918. The third-order valence-corrected chi connectivity index (χ3v) is 5.48.